The third-order valence-electron chi connectivity index (χ3n) is 6.78. The second-order valence-corrected chi connectivity index (χ2v) is 11.6. The van der Waals surface area contributed by atoms with Crippen LogP contribution in [0.15, 0.2) is 53.4 Å². The van der Waals surface area contributed by atoms with Gasteiger partial charge in [-0.05, 0) is 74.2 Å². The van der Waals surface area contributed by atoms with E-state index in [0.29, 0.717) is 24.3 Å². The van der Waals surface area contributed by atoms with E-state index in [1.54, 1.807) is 17.0 Å². The van der Waals surface area contributed by atoms with Crippen LogP contribution in [0.1, 0.15) is 55.3 Å². The fraction of sp³-hybridized carbons (Fsp3) is 0.444. The van der Waals surface area contributed by atoms with Crippen molar-refractivity contribution in [3.8, 4) is 0 Å². The lowest BCUT2D eigenvalue weighted by atomic mass is 9.93. The number of rotatable bonds is 6. The van der Waals surface area contributed by atoms with Crippen molar-refractivity contribution in [1.82, 2.24) is 10.2 Å². The van der Waals surface area contributed by atoms with E-state index in [2.05, 4.69) is 10.0 Å². The Hall–Kier alpha value is -3.68. The molecule has 41 heavy (non-hydrogen) atoms. The maximum atomic E-state index is 13.1. The molecule has 2 fully saturated rings. The molecular formula is C27H31F4N3O6S. The predicted octanol–water partition coefficient (Wildman–Crippen LogP) is 4.56. The molecule has 2 aromatic rings. The molecule has 1 atom stereocenters. The van der Waals surface area contributed by atoms with Crippen molar-refractivity contribution < 1.29 is 45.5 Å². The third-order valence-corrected chi connectivity index (χ3v) is 8.18. The zero-order valence-corrected chi connectivity index (χ0v) is 22.8. The monoisotopic (exact) mass is 601 g/mol. The quantitative estimate of drug-likeness (QED) is 0.416. The maximum absolute atomic E-state index is 13.1. The van der Waals surface area contributed by atoms with Crippen LogP contribution in [0.2, 0.25) is 0 Å². The van der Waals surface area contributed by atoms with Crippen molar-refractivity contribution in [2.45, 2.75) is 62.1 Å². The zero-order chi connectivity index (χ0) is 30.2. The maximum Gasteiger partial charge on any atom is 0.490 e. The van der Waals surface area contributed by atoms with E-state index in [-0.39, 0.29) is 28.7 Å². The van der Waals surface area contributed by atoms with Gasteiger partial charge in [-0.2, -0.15) is 13.2 Å². The van der Waals surface area contributed by atoms with E-state index < -0.39 is 28.0 Å². The van der Waals surface area contributed by atoms with Gasteiger partial charge in [0, 0.05) is 30.4 Å². The van der Waals surface area contributed by atoms with Crippen LogP contribution in [0.25, 0.3) is 0 Å². The number of aliphatic carboxylic acids is 1. The molecule has 2 aromatic carbocycles. The normalized spacial score (nSPS) is 18.0. The molecule has 0 aromatic heterocycles. The standard InChI is InChI=1S/C25H30FN3O4S.C2HF3O2/c26-20-10-14-23(15-11-20)34(32,33)28-22-12-8-18(9-13-22)25(31)29-16-4-5-19(17-29)24(30)27-21-6-2-1-3-7-21;3-2(4,5)1(6)7/h8-15,19,21,28H,1-7,16-17H2,(H,27,30);(H,6,7). The van der Waals surface area contributed by atoms with Gasteiger partial charge < -0.3 is 15.3 Å². The number of benzene rings is 2. The van der Waals surface area contributed by atoms with Gasteiger partial charge in [-0.3, -0.25) is 14.3 Å². The molecule has 4 rings (SSSR count). The molecule has 1 aliphatic heterocycles. The third kappa shape index (κ3) is 9.44. The average Bonchev–Trinajstić information content (AvgIpc) is 2.93. The Morgan fingerprint density at radius 3 is 2.02 bits per heavy atom. The van der Waals surface area contributed by atoms with Crippen LogP contribution in [-0.2, 0) is 19.6 Å². The fourth-order valence-corrected chi connectivity index (χ4v) is 5.69. The van der Waals surface area contributed by atoms with Gasteiger partial charge in [-0.25, -0.2) is 17.6 Å². The Balaban J connectivity index is 0.000000587. The number of likely N-dealkylation sites (tertiary alicyclic amines) is 1. The first kappa shape index (κ1) is 31.8. The van der Waals surface area contributed by atoms with Crippen LogP contribution in [0.5, 0.6) is 0 Å². The van der Waals surface area contributed by atoms with Crippen LogP contribution in [0.3, 0.4) is 0 Å². The summed E-state index contributed by atoms with van der Waals surface area (Å²) in [6.07, 6.45) is 2.03. The lowest BCUT2D eigenvalue weighted by molar-refractivity contribution is -0.192. The van der Waals surface area contributed by atoms with Gasteiger partial charge in [0.1, 0.15) is 5.82 Å². The van der Waals surface area contributed by atoms with Crippen molar-refractivity contribution >= 4 is 33.5 Å². The molecule has 0 bridgehead atoms. The first-order chi connectivity index (χ1) is 19.3. The van der Waals surface area contributed by atoms with Gasteiger partial charge in [0.05, 0.1) is 10.8 Å². The first-order valence-corrected chi connectivity index (χ1v) is 14.5. The number of nitrogens with one attached hydrogen (secondary N) is 2. The van der Waals surface area contributed by atoms with E-state index in [1.165, 1.54) is 30.7 Å². The predicted molar refractivity (Wildman–Crippen MR) is 141 cm³/mol. The van der Waals surface area contributed by atoms with Crippen molar-refractivity contribution in [1.29, 1.82) is 0 Å². The summed E-state index contributed by atoms with van der Waals surface area (Å²) in [7, 11) is -3.87. The molecule has 14 heteroatoms. The van der Waals surface area contributed by atoms with Gasteiger partial charge in [0.15, 0.2) is 0 Å². The van der Waals surface area contributed by atoms with Crippen molar-refractivity contribution in [3.63, 3.8) is 0 Å². The number of carbonyl (C=O) groups is 3. The van der Waals surface area contributed by atoms with E-state index in [1.807, 2.05) is 0 Å². The Kier molecular flexibility index (Phi) is 10.7. The lowest BCUT2D eigenvalue weighted by Crippen LogP contribution is -2.47. The summed E-state index contributed by atoms with van der Waals surface area (Å²) in [5.41, 5.74) is 0.724. The Morgan fingerprint density at radius 1 is 0.878 bits per heavy atom. The van der Waals surface area contributed by atoms with Gasteiger partial charge in [0.25, 0.3) is 15.9 Å². The lowest BCUT2D eigenvalue weighted by Gasteiger charge is -2.33. The summed E-state index contributed by atoms with van der Waals surface area (Å²) in [6.45, 7) is 0.974. The van der Waals surface area contributed by atoms with Crippen LogP contribution in [0.4, 0.5) is 23.2 Å². The molecule has 1 unspecified atom stereocenters. The Morgan fingerprint density at radius 2 is 1.46 bits per heavy atom. The summed E-state index contributed by atoms with van der Waals surface area (Å²) < 4.78 is 72.2. The van der Waals surface area contributed by atoms with Crippen LogP contribution < -0.4 is 10.0 Å². The summed E-state index contributed by atoms with van der Waals surface area (Å²) in [5, 5.41) is 10.3. The van der Waals surface area contributed by atoms with Crippen molar-refractivity contribution in [2.75, 3.05) is 17.8 Å². The smallest absolute Gasteiger partial charge is 0.475 e. The van der Waals surface area contributed by atoms with Crippen molar-refractivity contribution in [2.24, 2.45) is 5.92 Å². The number of amides is 2. The second kappa shape index (κ2) is 13.8. The number of halogens is 4. The van der Waals surface area contributed by atoms with Crippen LogP contribution in [0, 0.1) is 11.7 Å². The minimum atomic E-state index is -5.08. The summed E-state index contributed by atoms with van der Waals surface area (Å²) in [4.78, 5) is 36.3. The van der Waals surface area contributed by atoms with Gasteiger partial charge in [0.2, 0.25) is 5.91 Å². The molecule has 1 saturated carbocycles. The second-order valence-electron chi connectivity index (χ2n) is 9.87. The molecule has 224 valence electrons. The fourth-order valence-electron chi connectivity index (χ4n) is 4.63. The SMILES string of the molecule is O=C(NC1CCCCC1)C1CCCN(C(=O)c2ccc(NS(=O)(=O)c3ccc(F)cc3)cc2)C1.O=C(O)C(F)(F)F. The number of carboxylic acid groups (broad SMARTS) is 1. The average molecular weight is 602 g/mol. The number of hydrogen-bond donors (Lipinski definition) is 3. The summed E-state index contributed by atoms with van der Waals surface area (Å²) >= 11 is 0. The van der Waals surface area contributed by atoms with Gasteiger partial charge in [-0.15, -0.1) is 0 Å². The highest BCUT2D eigenvalue weighted by atomic mass is 32.2. The number of hydrogen-bond acceptors (Lipinski definition) is 5. The van der Waals surface area contributed by atoms with E-state index in [4.69, 9.17) is 9.90 Å². The topological polar surface area (TPSA) is 133 Å². The molecule has 1 heterocycles. The van der Waals surface area contributed by atoms with E-state index in [9.17, 15) is 35.6 Å². The highest BCUT2D eigenvalue weighted by Crippen LogP contribution is 2.23. The van der Waals surface area contributed by atoms with Crippen molar-refractivity contribution in [3.05, 3.63) is 59.9 Å². The molecule has 0 spiro atoms. The molecule has 1 aliphatic carbocycles. The molecule has 2 amide bonds. The number of sulfonamides is 1. The number of anilines is 1. The highest BCUT2D eigenvalue weighted by molar-refractivity contribution is 7.92. The first-order valence-electron chi connectivity index (χ1n) is 13.0. The minimum absolute atomic E-state index is 0.0370. The Labute approximate surface area is 235 Å². The largest absolute Gasteiger partial charge is 0.490 e. The molecule has 3 N–H and O–H groups in total. The van der Waals surface area contributed by atoms with E-state index >= 15 is 0 Å². The number of carboxylic acids is 1. The van der Waals surface area contributed by atoms with Crippen LogP contribution in [-0.4, -0.2) is 61.5 Å². The number of nitrogens with zero attached hydrogens (tertiary/aromatic N) is 1. The highest BCUT2D eigenvalue weighted by Gasteiger charge is 2.38. The van der Waals surface area contributed by atoms with Crippen LogP contribution >= 0.6 is 0 Å². The molecule has 1 saturated heterocycles. The summed E-state index contributed by atoms with van der Waals surface area (Å²) in [5.74, 6) is -3.62. The summed E-state index contributed by atoms with van der Waals surface area (Å²) in [6, 6.07) is 11.0. The number of alkyl halides is 3. The Bertz CT molecular complexity index is 1310. The minimum Gasteiger partial charge on any atom is -0.475 e. The number of carbonyl (C=O) groups excluding carboxylic acids is 2. The molecule has 0 radical (unpaired) electrons. The van der Waals surface area contributed by atoms with Gasteiger partial charge in [-0.1, -0.05) is 19.3 Å². The van der Waals surface area contributed by atoms with E-state index in [0.717, 1.165) is 50.7 Å². The zero-order valence-electron chi connectivity index (χ0n) is 22.0. The molecule has 9 nitrogen and oxygen atoms in total. The molecular weight excluding hydrogens is 570 g/mol. The van der Waals surface area contributed by atoms with Gasteiger partial charge >= 0.3 is 12.1 Å². The molecule has 2 aliphatic rings. The number of piperidine rings is 1.